The molecular formula is C13H11N3O3. The summed E-state index contributed by atoms with van der Waals surface area (Å²) < 4.78 is 0. The Labute approximate surface area is 108 Å². The number of carbonyl (C=O) groups excluding carboxylic acids is 1. The Bertz CT molecular complexity index is 641. The number of nitrogens with two attached hydrogens (primary N) is 1. The van der Waals surface area contributed by atoms with Crippen LogP contribution in [-0.4, -0.2) is 22.0 Å². The van der Waals surface area contributed by atoms with Gasteiger partial charge in [0.2, 0.25) is 5.91 Å². The summed E-state index contributed by atoms with van der Waals surface area (Å²) in [7, 11) is 0. The van der Waals surface area contributed by atoms with Crippen LogP contribution in [0, 0.1) is 0 Å². The van der Waals surface area contributed by atoms with Crippen LogP contribution in [0.3, 0.4) is 0 Å². The van der Waals surface area contributed by atoms with E-state index < -0.39 is 11.9 Å². The van der Waals surface area contributed by atoms with E-state index >= 15 is 0 Å². The maximum Gasteiger partial charge on any atom is 0.339 e. The number of hydrogen-bond acceptors (Lipinski definition) is 4. The third-order valence-electron chi connectivity index (χ3n) is 2.45. The van der Waals surface area contributed by atoms with Gasteiger partial charge in [-0.1, -0.05) is 6.07 Å². The lowest BCUT2D eigenvalue weighted by Gasteiger charge is -2.08. The number of nitrogens with zero attached hydrogens (tertiary/aromatic N) is 1. The highest BCUT2D eigenvalue weighted by atomic mass is 16.4. The Balaban J connectivity index is 2.34. The molecular weight excluding hydrogens is 246 g/mol. The van der Waals surface area contributed by atoms with Gasteiger partial charge in [0.1, 0.15) is 11.4 Å². The zero-order valence-electron chi connectivity index (χ0n) is 9.83. The summed E-state index contributed by atoms with van der Waals surface area (Å²) in [5.41, 5.74) is 6.10. The molecule has 19 heavy (non-hydrogen) atoms. The number of nitrogens with one attached hydrogen (secondary N) is 1. The average Bonchev–Trinajstić information content (AvgIpc) is 2.39. The molecule has 4 N–H and O–H groups in total. The van der Waals surface area contributed by atoms with Gasteiger partial charge in [-0.25, -0.2) is 9.78 Å². The van der Waals surface area contributed by atoms with Gasteiger partial charge >= 0.3 is 5.97 Å². The second kappa shape index (κ2) is 5.18. The summed E-state index contributed by atoms with van der Waals surface area (Å²) in [6, 6.07) is 9.41. The van der Waals surface area contributed by atoms with E-state index in [0.717, 1.165) is 0 Å². The second-order valence-electron chi connectivity index (χ2n) is 3.77. The number of pyridine rings is 1. The van der Waals surface area contributed by atoms with Gasteiger partial charge in [-0.05, 0) is 30.3 Å². The fourth-order valence-electron chi connectivity index (χ4n) is 1.56. The Hall–Kier alpha value is -2.89. The zero-order valence-corrected chi connectivity index (χ0v) is 9.83. The largest absolute Gasteiger partial charge is 0.478 e. The summed E-state index contributed by atoms with van der Waals surface area (Å²) in [6.07, 6.45) is 1.48. The van der Waals surface area contributed by atoms with Crippen LogP contribution in [-0.2, 0) is 0 Å². The Morgan fingerprint density at radius 1 is 1.21 bits per heavy atom. The predicted octanol–water partition coefficient (Wildman–Crippen LogP) is 1.62. The molecule has 1 heterocycles. The van der Waals surface area contributed by atoms with E-state index in [0.29, 0.717) is 11.3 Å². The highest BCUT2D eigenvalue weighted by Crippen LogP contribution is 2.19. The Kier molecular flexibility index (Phi) is 3.42. The van der Waals surface area contributed by atoms with E-state index in [9.17, 15) is 9.59 Å². The minimum absolute atomic E-state index is 0.0481. The highest BCUT2D eigenvalue weighted by Gasteiger charge is 2.11. The number of benzene rings is 1. The van der Waals surface area contributed by atoms with Crippen molar-refractivity contribution in [2.75, 3.05) is 5.32 Å². The van der Waals surface area contributed by atoms with Gasteiger partial charge in [0.15, 0.2) is 0 Å². The zero-order chi connectivity index (χ0) is 13.8. The molecule has 0 fully saturated rings. The number of amides is 1. The quantitative estimate of drug-likeness (QED) is 0.771. The first-order chi connectivity index (χ1) is 9.08. The van der Waals surface area contributed by atoms with Crippen molar-refractivity contribution in [2.24, 2.45) is 5.73 Å². The topological polar surface area (TPSA) is 105 Å². The van der Waals surface area contributed by atoms with E-state index in [1.54, 1.807) is 18.2 Å². The van der Waals surface area contributed by atoms with Crippen molar-refractivity contribution < 1.29 is 14.7 Å². The first-order valence-electron chi connectivity index (χ1n) is 5.43. The fraction of sp³-hybridized carbons (Fsp3) is 0. The molecule has 1 amide bonds. The molecule has 0 aliphatic carbocycles. The first kappa shape index (κ1) is 12.6. The van der Waals surface area contributed by atoms with Crippen LogP contribution < -0.4 is 11.1 Å². The van der Waals surface area contributed by atoms with Crippen LogP contribution in [0.1, 0.15) is 20.7 Å². The lowest BCUT2D eigenvalue weighted by atomic mass is 10.2. The van der Waals surface area contributed by atoms with Crippen LogP contribution in [0.2, 0.25) is 0 Å². The van der Waals surface area contributed by atoms with Gasteiger partial charge in [-0.3, -0.25) is 4.79 Å². The van der Waals surface area contributed by atoms with Gasteiger partial charge in [0.05, 0.1) is 0 Å². The Morgan fingerprint density at radius 3 is 2.68 bits per heavy atom. The van der Waals surface area contributed by atoms with Gasteiger partial charge < -0.3 is 16.2 Å². The molecule has 0 bridgehead atoms. The van der Waals surface area contributed by atoms with E-state index in [1.165, 1.54) is 24.4 Å². The molecule has 96 valence electrons. The number of carbonyl (C=O) groups is 2. The number of carboxylic acids is 1. The number of rotatable bonds is 4. The summed E-state index contributed by atoms with van der Waals surface area (Å²) >= 11 is 0. The van der Waals surface area contributed by atoms with Crippen LogP contribution in [0.4, 0.5) is 11.5 Å². The summed E-state index contributed by atoms with van der Waals surface area (Å²) in [4.78, 5) is 26.1. The minimum Gasteiger partial charge on any atom is -0.478 e. The van der Waals surface area contributed by atoms with Gasteiger partial charge in [-0.15, -0.1) is 0 Å². The number of hydrogen-bond donors (Lipinski definition) is 3. The van der Waals surface area contributed by atoms with Gasteiger partial charge in [-0.2, -0.15) is 0 Å². The van der Waals surface area contributed by atoms with Crippen molar-refractivity contribution in [1.82, 2.24) is 4.98 Å². The molecule has 0 saturated heterocycles. The average molecular weight is 257 g/mol. The first-order valence-corrected chi connectivity index (χ1v) is 5.43. The molecule has 0 aliphatic rings. The number of anilines is 2. The smallest absolute Gasteiger partial charge is 0.339 e. The molecule has 6 heteroatoms. The van der Waals surface area contributed by atoms with E-state index in [2.05, 4.69) is 10.3 Å². The fourth-order valence-corrected chi connectivity index (χ4v) is 1.56. The maximum absolute atomic E-state index is 11.1. The van der Waals surface area contributed by atoms with Crippen LogP contribution >= 0.6 is 0 Å². The second-order valence-corrected chi connectivity index (χ2v) is 3.77. The third kappa shape index (κ3) is 2.86. The van der Waals surface area contributed by atoms with Crippen LogP contribution in [0.15, 0.2) is 42.6 Å². The van der Waals surface area contributed by atoms with Crippen molar-refractivity contribution in [3.8, 4) is 0 Å². The van der Waals surface area contributed by atoms with Crippen molar-refractivity contribution in [2.45, 2.75) is 0 Å². The van der Waals surface area contributed by atoms with E-state index in [1.807, 2.05) is 0 Å². The normalized spacial score (nSPS) is 9.89. The number of aromatic nitrogens is 1. The number of carboxylic acid groups (broad SMARTS) is 1. The predicted molar refractivity (Wildman–Crippen MR) is 69.4 cm³/mol. The molecule has 6 nitrogen and oxygen atoms in total. The lowest BCUT2D eigenvalue weighted by molar-refractivity contribution is 0.0697. The van der Waals surface area contributed by atoms with Gasteiger partial charge in [0, 0.05) is 17.4 Å². The summed E-state index contributed by atoms with van der Waals surface area (Å²) in [5.74, 6) is -1.43. The molecule has 0 saturated carbocycles. The van der Waals surface area contributed by atoms with Crippen LogP contribution in [0.5, 0.6) is 0 Å². The Morgan fingerprint density at radius 2 is 2.00 bits per heavy atom. The number of aromatic carboxylic acids is 1. The molecule has 0 spiro atoms. The lowest BCUT2D eigenvalue weighted by Crippen LogP contribution is -2.11. The molecule has 0 atom stereocenters. The molecule has 2 rings (SSSR count). The molecule has 0 radical (unpaired) electrons. The van der Waals surface area contributed by atoms with Crippen LogP contribution in [0.25, 0.3) is 0 Å². The standard InChI is InChI=1S/C13H11N3O3/c14-11(17)8-3-1-4-9(7-8)16-12-10(13(18)19)5-2-6-15-12/h1-7H,(H2,14,17)(H,15,16)(H,18,19). The van der Waals surface area contributed by atoms with Crippen molar-refractivity contribution in [1.29, 1.82) is 0 Å². The maximum atomic E-state index is 11.1. The van der Waals surface area contributed by atoms with Gasteiger partial charge in [0.25, 0.3) is 0 Å². The van der Waals surface area contributed by atoms with Crippen molar-refractivity contribution in [3.05, 3.63) is 53.7 Å². The summed E-state index contributed by atoms with van der Waals surface area (Å²) in [6.45, 7) is 0. The van der Waals surface area contributed by atoms with E-state index in [4.69, 9.17) is 10.8 Å². The molecule has 0 aliphatic heterocycles. The number of primary amides is 1. The van der Waals surface area contributed by atoms with E-state index in [-0.39, 0.29) is 11.4 Å². The monoisotopic (exact) mass is 257 g/mol. The van der Waals surface area contributed by atoms with Crippen molar-refractivity contribution in [3.63, 3.8) is 0 Å². The molecule has 2 aromatic rings. The molecule has 1 aromatic heterocycles. The molecule has 1 aromatic carbocycles. The molecule has 0 unspecified atom stereocenters. The SMILES string of the molecule is NC(=O)c1cccc(Nc2ncccc2C(=O)O)c1. The third-order valence-corrected chi connectivity index (χ3v) is 2.45. The highest BCUT2D eigenvalue weighted by molar-refractivity contribution is 5.95. The minimum atomic E-state index is -1.08. The van der Waals surface area contributed by atoms with Crippen molar-refractivity contribution >= 4 is 23.4 Å². The summed E-state index contributed by atoms with van der Waals surface area (Å²) in [5, 5.41) is 11.9.